The summed E-state index contributed by atoms with van der Waals surface area (Å²) in [6.07, 6.45) is 2.91. The Labute approximate surface area is 124 Å². The van der Waals surface area contributed by atoms with Gasteiger partial charge in [-0.2, -0.15) is 0 Å². The third-order valence-electron chi connectivity index (χ3n) is 3.28. The average molecular weight is 293 g/mol. The number of rotatable bonds is 5. The highest BCUT2D eigenvalue weighted by atomic mass is 16.5. The normalized spacial score (nSPS) is 19.7. The molecule has 1 aliphatic heterocycles. The van der Waals surface area contributed by atoms with E-state index in [1.54, 1.807) is 0 Å². The van der Waals surface area contributed by atoms with Gasteiger partial charge < -0.3 is 15.8 Å². The second-order valence-electron chi connectivity index (χ2n) is 5.65. The summed E-state index contributed by atoms with van der Waals surface area (Å²) in [5, 5.41) is 2.81. The second-order valence-corrected chi connectivity index (χ2v) is 5.65. The molecule has 1 aromatic rings. The molecule has 0 aliphatic carbocycles. The van der Waals surface area contributed by atoms with Crippen LogP contribution in [-0.2, 0) is 4.74 Å². The number of nitrogens with two attached hydrogens (primary N) is 1. The molecule has 2 heterocycles. The summed E-state index contributed by atoms with van der Waals surface area (Å²) in [6, 6.07) is 0. The first-order chi connectivity index (χ1) is 10.1. The lowest BCUT2D eigenvalue weighted by Crippen LogP contribution is -2.48. The zero-order valence-electron chi connectivity index (χ0n) is 12.6. The quantitative estimate of drug-likeness (QED) is 0.802. The molecule has 3 N–H and O–H groups in total. The number of morpholine rings is 1. The first-order valence-corrected chi connectivity index (χ1v) is 7.25. The summed E-state index contributed by atoms with van der Waals surface area (Å²) in [6.45, 7) is 8.36. The van der Waals surface area contributed by atoms with Crippen molar-refractivity contribution in [3.8, 4) is 0 Å². The molecule has 116 valence electrons. The molecule has 1 unspecified atom stereocenters. The van der Waals surface area contributed by atoms with E-state index in [0.717, 1.165) is 19.6 Å². The minimum atomic E-state index is -0.315. The number of amides is 1. The Balaban J connectivity index is 1.82. The van der Waals surface area contributed by atoms with E-state index in [0.29, 0.717) is 19.1 Å². The van der Waals surface area contributed by atoms with Crippen molar-refractivity contribution in [2.24, 2.45) is 5.92 Å². The van der Waals surface area contributed by atoms with E-state index in [2.05, 4.69) is 34.0 Å². The van der Waals surface area contributed by atoms with Crippen LogP contribution in [0.3, 0.4) is 0 Å². The van der Waals surface area contributed by atoms with E-state index in [1.807, 2.05) is 0 Å². The lowest BCUT2D eigenvalue weighted by molar-refractivity contribution is -0.0295. The highest BCUT2D eigenvalue weighted by Crippen LogP contribution is 2.08. The van der Waals surface area contributed by atoms with Crippen LogP contribution >= 0.6 is 0 Å². The predicted molar refractivity (Wildman–Crippen MR) is 79.8 cm³/mol. The van der Waals surface area contributed by atoms with E-state index in [9.17, 15) is 4.79 Å². The van der Waals surface area contributed by atoms with Gasteiger partial charge in [0.1, 0.15) is 0 Å². The average Bonchev–Trinajstić information content (AvgIpc) is 2.45. The van der Waals surface area contributed by atoms with Crippen LogP contribution in [0.5, 0.6) is 0 Å². The van der Waals surface area contributed by atoms with Crippen LogP contribution < -0.4 is 11.1 Å². The monoisotopic (exact) mass is 293 g/mol. The van der Waals surface area contributed by atoms with Crippen molar-refractivity contribution in [2.45, 2.75) is 20.0 Å². The van der Waals surface area contributed by atoms with Gasteiger partial charge in [-0.1, -0.05) is 13.8 Å². The number of carbonyl (C=O) groups excluding carboxylic acids is 1. The lowest BCUT2D eigenvalue weighted by atomic mass is 10.2. The molecule has 7 nitrogen and oxygen atoms in total. The molecule has 0 saturated carbocycles. The number of nitrogens with zero attached hydrogens (tertiary/aromatic N) is 3. The van der Waals surface area contributed by atoms with Crippen molar-refractivity contribution in [1.29, 1.82) is 0 Å². The SMILES string of the molecule is CC(C)CN1CCOC(CNC(=O)c2nccnc2N)C1. The Morgan fingerprint density at radius 2 is 2.29 bits per heavy atom. The molecular formula is C14H23N5O2. The topological polar surface area (TPSA) is 93.4 Å². The Morgan fingerprint density at radius 3 is 3.00 bits per heavy atom. The molecule has 1 amide bonds. The molecule has 7 heteroatoms. The first-order valence-electron chi connectivity index (χ1n) is 7.25. The minimum Gasteiger partial charge on any atom is -0.382 e. The van der Waals surface area contributed by atoms with Gasteiger partial charge in [-0.05, 0) is 5.92 Å². The third kappa shape index (κ3) is 4.64. The fourth-order valence-electron chi connectivity index (χ4n) is 2.40. The van der Waals surface area contributed by atoms with Gasteiger partial charge in [0.15, 0.2) is 11.5 Å². The maximum Gasteiger partial charge on any atom is 0.273 e. The summed E-state index contributed by atoms with van der Waals surface area (Å²) >= 11 is 0. The molecule has 1 saturated heterocycles. The summed E-state index contributed by atoms with van der Waals surface area (Å²) in [7, 11) is 0. The van der Waals surface area contributed by atoms with Crippen LogP contribution in [0.15, 0.2) is 12.4 Å². The van der Waals surface area contributed by atoms with Crippen molar-refractivity contribution < 1.29 is 9.53 Å². The zero-order chi connectivity index (χ0) is 15.2. The predicted octanol–water partition coefficient (Wildman–Crippen LogP) is 0.145. The number of carbonyl (C=O) groups is 1. The third-order valence-corrected chi connectivity index (χ3v) is 3.28. The number of hydrogen-bond acceptors (Lipinski definition) is 6. The van der Waals surface area contributed by atoms with Crippen LogP contribution in [0.4, 0.5) is 5.82 Å². The molecule has 1 aliphatic rings. The molecule has 1 aromatic heterocycles. The lowest BCUT2D eigenvalue weighted by Gasteiger charge is -2.33. The van der Waals surface area contributed by atoms with Gasteiger partial charge in [0, 0.05) is 38.6 Å². The highest BCUT2D eigenvalue weighted by Gasteiger charge is 2.22. The number of nitrogens with one attached hydrogen (secondary N) is 1. The Morgan fingerprint density at radius 1 is 1.52 bits per heavy atom. The van der Waals surface area contributed by atoms with Crippen molar-refractivity contribution in [3.05, 3.63) is 18.1 Å². The molecule has 2 rings (SSSR count). The summed E-state index contributed by atoms with van der Waals surface area (Å²) < 4.78 is 5.68. The second kappa shape index (κ2) is 7.33. The van der Waals surface area contributed by atoms with Crippen LogP contribution in [-0.4, -0.2) is 59.7 Å². The van der Waals surface area contributed by atoms with Crippen LogP contribution in [0, 0.1) is 5.92 Å². The molecule has 0 aromatic carbocycles. The summed E-state index contributed by atoms with van der Waals surface area (Å²) in [4.78, 5) is 22.2. The van der Waals surface area contributed by atoms with Gasteiger partial charge in [0.05, 0.1) is 12.7 Å². The molecule has 0 radical (unpaired) electrons. The maximum absolute atomic E-state index is 12.0. The van der Waals surface area contributed by atoms with Gasteiger partial charge in [-0.3, -0.25) is 9.69 Å². The van der Waals surface area contributed by atoms with E-state index in [4.69, 9.17) is 10.5 Å². The number of nitrogen functional groups attached to an aromatic ring is 1. The van der Waals surface area contributed by atoms with Crippen LogP contribution in [0.1, 0.15) is 24.3 Å². The molecule has 0 spiro atoms. The van der Waals surface area contributed by atoms with Crippen molar-refractivity contribution in [2.75, 3.05) is 38.5 Å². The van der Waals surface area contributed by atoms with Crippen molar-refractivity contribution >= 4 is 11.7 Å². The van der Waals surface area contributed by atoms with Gasteiger partial charge in [-0.25, -0.2) is 9.97 Å². The van der Waals surface area contributed by atoms with E-state index in [-0.39, 0.29) is 23.5 Å². The molecular weight excluding hydrogens is 270 g/mol. The Hall–Kier alpha value is -1.73. The van der Waals surface area contributed by atoms with Gasteiger partial charge >= 0.3 is 0 Å². The van der Waals surface area contributed by atoms with Crippen LogP contribution in [0.2, 0.25) is 0 Å². The Kier molecular flexibility index (Phi) is 5.46. The number of hydrogen-bond donors (Lipinski definition) is 2. The van der Waals surface area contributed by atoms with E-state index in [1.165, 1.54) is 12.4 Å². The largest absolute Gasteiger partial charge is 0.382 e. The molecule has 0 bridgehead atoms. The standard InChI is InChI=1S/C14H23N5O2/c1-10(2)8-19-5-6-21-11(9-19)7-18-14(20)12-13(15)17-4-3-16-12/h3-4,10-11H,5-9H2,1-2H3,(H2,15,17)(H,18,20). The molecule has 21 heavy (non-hydrogen) atoms. The number of aromatic nitrogens is 2. The van der Waals surface area contributed by atoms with E-state index >= 15 is 0 Å². The fraction of sp³-hybridized carbons (Fsp3) is 0.643. The van der Waals surface area contributed by atoms with Gasteiger partial charge in [0.2, 0.25) is 0 Å². The van der Waals surface area contributed by atoms with Crippen molar-refractivity contribution in [1.82, 2.24) is 20.2 Å². The fourth-order valence-corrected chi connectivity index (χ4v) is 2.40. The number of anilines is 1. The van der Waals surface area contributed by atoms with E-state index < -0.39 is 0 Å². The smallest absolute Gasteiger partial charge is 0.273 e. The zero-order valence-corrected chi connectivity index (χ0v) is 12.6. The Bertz CT molecular complexity index is 480. The molecule has 1 fully saturated rings. The minimum absolute atomic E-state index is 0.000606. The van der Waals surface area contributed by atoms with Crippen molar-refractivity contribution in [3.63, 3.8) is 0 Å². The van der Waals surface area contributed by atoms with Gasteiger partial charge in [-0.15, -0.1) is 0 Å². The van der Waals surface area contributed by atoms with Gasteiger partial charge in [0.25, 0.3) is 5.91 Å². The molecule has 1 atom stereocenters. The number of ether oxygens (including phenoxy) is 1. The highest BCUT2D eigenvalue weighted by molar-refractivity contribution is 5.96. The maximum atomic E-state index is 12.0. The first kappa shape index (κ1) is 15.7. The summed E-state index contributed by atoms with van der Waals surface area (Å²) in [5.41, 5.74) is 5.79. The summed E-state index contributed by atoms with van der Waals surface area (Å²) in [5.74, 6) is 0.448. The van der Waals surface area contributed by atoms with Crippen LogP contribution in [0.25, 0.3) is 0 Å².